The lowest BCUT2D eigenvalue weighted by molar-refractivity contribution is -0.139. The number of nitrogens with one attached hydrogen (secondary N) is 1. The van der Waals surface area contributed by atoms with Crippen molar-refractivity contribution in [1.29, 1.82) is 0 Å². The molecule has 1 unspecified atom stereocenters. The maximum Gasteiger partial charge on any atom is 0.409 e. The van der Waals surface area contributed by atoms with Crippen molar-refractivity contribution in [2.45, 2.75) is 32.2 Å². The maximum absolute atomic E-state index is 12.8. The average Bonchev–Trinajstić information content (AvgIpc) is 2.77. The van der Waals surface area contributed by atoms with Crippen LogP contribution < -0.4 is 5.32 Å². The predicted octanol–water partition coefficient (Wildman–Crippen LogP) is 1.11. The van der Waals surface area contributed by atoms with Gasteiger partial charge in [0.05, 0.1) is 19.1 Å². The van der Waals surface area contributed by atoms with Gasteiger partial charge >= 0.3 is 6.09 Å². The van der Waals surface area contributed by atoms with Crippen molar-refractivity contribution in [1.82, 2.24) is 20.0 Å². The molecule has 0 aliphatic carbocycles. The van der Waals surface area contributed by atoms with E-state index in [4.69, 9.17) is 4.74 Å². The molecule has 8 heteroatoms. The molecule has 0 aromatic heterocycles. The smallest absolute Gasteiger partial charge is 0.409 e. The molecule has 2 aliphatic heterocycles. The number of piperazine rings is 2. The molecule has 8 nitrogen and oxygen atoms in total. The van der Waals surface area contributed by atoms with Gasteiger partial charge in [-0.05, 0) is 31.9 Å². The summed E-state index contributed by atoms with van der Waals surface area (Å²) < 4.78 is 5.02. The molecule has 3 amide bonds. The third-order valence-electron chi connectivity index (χ3n) is 5.72. The summed E-state index contributed by atoms with van der Waals surface area (Å²) in [4.78, 5) is 42.6. The summed E-state index contributed by atoms with van der Waals surface area (Å²) in [7, 11) is 0. The second kappa shape index (κ2) is 11.0. The highest BCUT2D eigenvalue weighted by atomic mass is 16.6. The van der Waals surface area contributed by atoms with Crippen molar-refractivity contribution < 1.29 is 19.1 Å². The van der Waals surface area contributed by atoms with Crippen LogP contribution in [0.5, 0.6) is 0 Å². The van der Waals surface area contributed by atoms with E-state index in [0.29, 0.717) is 39.3 Å². The van der Waals surface area contributed by atoms with E-state index in [1.54, 1.807) is 16.7 Å². The minimum atomic E-state index is -0.426. The van der Waals surface area contributed by atoms with Gasteiger partial charge in [0.15, 0.2) is 0 Å². The Balaban J connectivity index is 1.49. The molecular weight excluding hydrogens is 384 g/mol. The van der Waals surface area contributed by atoms with E-state index in [1.807, 2.05) is 18.2 Å². The van der Waals surface area contributed by atoms with Gasteiger partial charge in [-0.15, -0.1) is 0 Å². The Morgan fingerprint density at radius 2 is 1.77 bits per heavy atom. The fourth-order valence-corrected chi connectivity index (χ4v) is 4.03. The van der Waals surface area contributed by atoms with E-state index in [-0.39, 0.29) is 24.3 Å². The van der Waals surface area contributed by atoms with Crippen LogP contribution in [0.15, 0.2) is 30.3 Å². The van der Waals surface area contributed by atoms with E-state index in [1.165, 1.54) is 5.56 Å². The SMILES string of the molecule is CCOC(=O)N1CCN(C(=O)CC2C(=O)NCCN2CCCc2ccccc2)CC1. The Morgan fingerprint density at radius 1 is 1.07 bits per heavy atom. The summed E-state index contributed by atoms with van der Waals surface area (Å²) in [6.07, 6.45) is 1.74. The van der Waals surface area contributed by atoms with E-state index in [2.05, 4.69) is 22.3 Å². The lowest BCUT2D eigenvalue weighted by atomic mass is 10.1. The number of nitrogens with zero attached hydrogens (tertiary/aromatic N) is 3. The predicted molar refractivity (Wildman–Crippen MR) is 113 cm³/mol. The zero-order valence-electron chi connectivity index (χ0n) is 17.7. The fourth-order valence-electron chi connectivity index (χ4n) is 4.03. The Hall–Kier alpha value is -2.61. The minimum Gasteiger partial charge on any atom is -0.450 e. The molecule has 1 atom stereocenters. The zero-order valence-corrected chi connectivity index (χ0v) is 17.7. The van der Waals surface area contributed by atoms with Crippen molar-refractivity contribution in [3.63, 3.8) is 0 Å². The van der Waals surface area contributed by atoms with Crippen LogP contribution in [-0.2, 0) is 20.7 Å². The van der Waals surface area contributed by atoms with E-state index in [9.17, 15) is 14.4 Å². The molecule has 2 fully saturated rings. The first-order chi connectivity index (χ1) is 14.6. The van der Waals surface area contributed by atoms with Crippen LogP contribution in [0.2, 0.25) is 0 Å². The van der Waals surface area contributed by atoms with Crippen LogP contribution in [0.4, 0.5) is 4.79 Å². The summed E-state index contributed by atoms with van der Waals surface area (Å²) in [5.74, 6) is -0.104. The van der Waals surface area contributed by atoms with Gasteiger partial charge in [-0.1, -0.05) is 30.3 Å². The van der Waals surface area contributed by atoms with Gasteiger partial charge in [-0.25, -0.2) is 4.79 Å². The van der Waals surface area contributed by atoms with Crippen molar-refractivity contribution >= 4 is 17.9 Å². The van der Waals surface area contributed by atoms with Gasteiger partial charge in [-0.3, -0.25) is 14.5 Å². The third-order valence-corrected chi connectivity index (χ3v) is 5.72. The number of amides is 3. The minimum absolute atomic E-state index is 0.0337. The zero-order chi connectivity index (χ0) is 21.3. The molecule has 1 aromatic carbocycles. The monoisotopic (exact) mass is 416 g/mol. The highest BCUT2D eigenvalue weighted by Gasteiger charge is 2.33. The Bertz CT molecular complexity index is 719. The number of hydrogen-bond donors (Lipinski definition) is 1. The molecule has 1 N–H and O–H groups in total. The molecule has 164 valence electrons. The van der Waals surface area contributed by atoms with Crippen LogP contribution >= 0.6 is 0 Å². The molecule has 2 saturated heterocycles. The molecule has 1 aromatic rings. The van der Waals surface area contributed by atoms with Gasteiger partial charge in [0.2, 0.25) is 11.8 Å². The second-order valence-electron chi connectivity index (χ2n) is 7.70. The Kier molecular flexibility index (Phi) is 8.07. The first-order valence-electron chi connectivity index (χ1n) is 10.8. The first-order valence-corrected chi connectivity index (χ1v) is 10.8. The van der Waals surface area contributed by atoms with Crippen LogP contribution in [0.3, 0.4) is 0 Å². The summed E-state index contributed by atoms with van der Waals surface area (Å²) in [6, 6.07) is 9.87. The van der Waals surface area contributed by atoms with Crippen LogP contribution in [0.25, 0.3) is 0 Å². The van der Waals surface area contributed by atoms with Crippen molar-refractivity contribution in [3.05, 3.63) is 35.9 Å². The molecule has 0 saturated carbocycles. The summed E-state index contributed by atoms with van der Waals surface area (Å²) in [5, 5.41) is 2.89. The Morgan fingerprint density at radius 3 is 2.47 bits per heavy atom. The number of hydrogen-bond acceptors (Lipinski definition) is 5. The van der Waals surface area contributed by atoms with E-state index in [0.717, 1.165) is 25.9 Å². The summed E-state index contributed by atoms with van der Waals surface area (Å²) in [5.41, 5.74) is 1.28. The van der Waals surface area contributed by atoms with Crippen LogP contribution in [0, 0.1) is 0 Å². The van der Waals surface area contributed by atoms with Crippen molar-refractivity contribution in [2.24, 2.45) is 0 Å². The molecule has 2 aliphatic rings. The second-order valence-corrected chi connectivity index (χ2v) is 7.70. The number of ether oxygens (including phenoxy) is 1. The summed E-state index contributed by atoms with van der Waals surface area (Å²) >= 11 is 0. The van der Waals surface area contributed by atoms with Gasteiger partial charge < -0.3 is 19.9 Å². The standard InChI is InChI=1S/C22H32N4O4/c1-2-30-22(29)26-15-13-25(14-16-26)20(27)17-19-21(28)23-10-12-24(19)11-6-9-18-7-4-3-5-8-18/h3-5,7-8,19H,2,6,9-17H2,1H3,(H,23,28). The number of aryl methyl sites for hydroxylation is 1. The van der Waals surface area contributed by atoms with Crippen LogP contribution in [0.1, 0.15) is 25.3 Å². The number of rotatable bonds is 7. The molecule has 30 heavy (non-hydrogen) atoms. The first kappa shape index (κ1) is 22.1. The summed E-state index contributed by atoms with van der Waals surface area (Å²) in [6.45, 7) is 6.15. The van der Waals surface area contributed by atoms with Crippen LogP contribution in [-0.4, -0.2) is 91.1 Å². The lowest BCUT2D eigenvalue weighted by Gasteiger charge is -2.38. The average molecular weight is 417 g/mol. The van der Waals surface area contributed by atoms with Crippen molar-refractivity contribution in [3.8, 4) is 0 Å². The van der Waals surface area contributed by atoms with Gasteiger partial charge in [0, 0.05) is 39.3 Å². The molecule has 0 radical (unpaired) electrons. The third kappa shape index (κ3) is 5.95. The van der Waals surface area contributed by atoms with Gasteiger partial charge in [0.25, 0.3) is 0 Å². The van der Waals surface area contributed by atoms with Gasteiger partial charge in [0.1, 0.15) is 0 Å². The molecule has 0 bridgehead atoms. The molecule has 3 rings (SSSR count). The van der Waals surface area contributed by atoms with E-state index >= 15 is 0 Å². The maximum atomic E-state index is 12.8. The number of benzene rings is 1. The highest BCUT2D eigenvalue weighted by molar-refractivity contribution is 5.89. The Labute approximate surface area is 178 Å². The molecule has 2 heterocycles. The highest BCUT2D eigenvalue weighted by Crippen LogP contribution is 2.14. The van der Waals surface area contributed by atoms with E-state index < -0.39 is 6.04 Å². The number of carbonyl (C=O) groups excluding carboxylic acids is 3. The normalized spacial score (nSPS) is 20.0. The topological polar surface area (TPSA) is 82.2 Å². The molecule has 0 spiro atoms. The molecular formula is C22H32N4O4. The largest absolute Gasteiger partial charge is 0.450 e. The quantitative estimate of drug-likeness (QED) is 0.720. The number of carbonyl (C=O) groups is 3. The lowest BCUT2D eigenvalue weighted by Crippen LogP contribution is -2.58. The van der Waals surface area contributed by atoms with Crippen molar-refractivity contribution in [2.75, 3.05) is 52.4 Å². The van der Waals surface area contributed by atoms with Gasteiger partial charge in [-0.2, -0.15) is 0 Å². The fraction of sp³-hybridized carbons (Fsp3) is 0.591.